The molecule has 0 saturated heterocycles. The van der Waals surface area contributed by atoms with Crippen molar-refractivity contribution in [2.45, 2.75) is 0 Å². The molecule has 8 heteroatoms. The van der Waals surface area contributed by atoms with Gasteiger partial charge in [-0.1, -0.05) is 0 Å². The number of pyridine rings is 1. The van der Waals surface area contributed by atoms with Gasteiger partial charge in [0.25, 0.3) is 5.69 Å². The predicted octanol–water partition coefficient (Wildman–Crippen LogP) is 2.76. The van der Waals surface area contributed by atoms with Gasteiger partial charge in [0.05, 0.1) is 28.3 Å². The molecular weight excluding hydrogens is 277 g/mol. The molecule has 106 valence electrons. The van der Waals surface area contributed by atoms with Gasteiger partial charge in [-0.3, -0.25) is 19.8 Å². The van der Waals surface area contributed by atoms with Crippen LogP contribution in [-0.2, 0) is 7.05 Å². The third kappa shape index (κ3) is 2.27. The van der Waals surface area contributed by atoms with E-state index in [1.807, 2.05) is 0 Å². The summed E-state index contributed by atoms with van der Waals surface area (Å²) in [4.78, 5) is 14.4. The van der Waals surface area contributed by atoms with Gasteiger partial charge in [0.15, 0.2) is 5.82 Å². The number of rotatable bonds is 3. The van der Waals surface area contributed by atoms with Crippen molar-refractivity contribution in [3.05, 3.63) is 52.7 Å². The molecule has 2 heterocycles. The average molecular weight is 287 g/mol. The fourth-order valence-electron chi connectivity index (χ4n) is 2.09. The van der Waals surface area contributed by atoms with E-state index in [0.717, 1.165) is 6.07 Å². The van der Waals surface area contributed by atoms with Gasteiger partial charge in [-0.15, -0.1) is 0 Å². The van der Waals surface area contributed by atoms with E-state index >= 15 is 0 Å². The molecule has 0 unspecified atom stereocenters. The number of anilines is 2. The predicted molar refractivity (Wildman–Crippen MR) is 74.8 cm³/mol. The first-order valence-corrected chi connectivity index (χ1v) is 6.03. The van der Waals surface area contributed by atoms with E-state index in [1.165, 1.54) is 18.5 Å². The fraction of sp³-hybridized carbons (Fsp3) is 0.0769. The maximum Gasteiger partial charge on any atom is 0.281 e. The molecule has 1 N–H and O–H groups in total. The van der Waals surface area contributed by atoms with E-state index in [4.69, 9.17) is 0 Å². The lowest BCUT2D eigenvalue weighted by Gasteiger charge is -2.09. The molecule has 0 aliphatic heterocycles. The topological polar surface area (TPSA) is 85.9 Å². The highest BCUT2D eigenvalue weighted by molar-refractivity contribution is 5.98. The molecule has 1 aromatic carbocycles. The van der Waals surface area contributed by atoms with Gasteiger partial charge in [-0.05, 0) is 12.1 Å². The first kappa shape index (κ1) is 13.0. The number of non-ortho nitro benzene ring substituents is 1. The Bertz CT molecular complexity index is 846. The maximum absolute atomic E-state index is 14.2. The number of nitro groups is 1. The van der Waals surface area contributed by atoms with Gasteiger partial charge < -0.3 is 5.32 Å². The summed E-state index contributed by atoms with van der Waals surface area (Å²) in [5.41, 5.74) is 0.543. The van der Waals surface area contributed by atoms with Crippen LogP contribution in [-0.4, -0.2) is 19.7 Å². The number of nitrogens with zero attached hydrogens (tertiary/aromatic N) is 4. The Balaban J connectivity index is 2.21. The van der Waals surface area contributed by atoms with Crippen LogP contribution in [0.15, 0.2) is 36.8 Å². The molecule has 3 rings (SSSR count). The molecular formula is C13H10FN5O2. The highest BCUT2D eigenvalue weighted by Crippen LogP contribution is 2.34. The van der Waals surface area contributed by atoms with Gasteiger partial charge in [-0.25, -0.2) is 4.39 Å². The smallest absolute Gasteiger partial charge is 0.281 e. The number of nitrogens with one attached hydrogen (secondary N) is 1. The van der Waals surface area contributed by atoms with Crippen molar-refractivity contribution in [2.24, 2.45) is 7.05 Å². The van der Waals surface area contributed by atoms with E-state index in [1.54, 1.807) is 24.0 Å². The molecule has 7 nitrogen and oxygen atoms in total. The number of fused-ring (bicyclic) bond motifs is 1. The van der Waals surface area contributed by atoms with Crippen molar-refractivity contribution < 1.29 is 9.31 Å². The average Bonchev–Trinajstić information content (AvgIpc) is 2.87. The Morgan fingerprint density at radius 1 is 1.48 bits per heavy atom. The van der Waals surface area contributed by atoms with Crippen LogP contribution >= 0.6 is 0 Å². The monoisotopic (exact) mass is 287 g/mol. The number of halogens is 1. The molecule has 0 fully saturated rings. The minimum atomic E-state index is -0.739. The summed E-state index contributed by atoms with van der Waals surface area (Å²) in [7, 11) is 1.73. The number of hydrogen-bond donors (Lipinski definition) is 1. The summed E-state index contributed by atoms with van der Waals surface area (Å²) in [6, 6.07) is 4.00. The van der Waals surface area contributed by atoms with E-state index < -0.39 is 10.7 Å². The summed E-state index contributed by atoms with van der Waals surface area (Å²) in [6.07, 6.45) is 4.64. The van der Waals surface area contributed by atoms with Crippen LogP contribution in [0.25, 0.3) is 10.9 Å². The number of hydrogen-bond acceptors (Lipinski definition) is 5. The van der Waals surface area contributed by atoms with Crippen LogP contribution in [0.1, 0.15) is 0 Å². The highest BCUT2D eigenvalue weighted by atomic mass is 19.1. The van der Waals surface area contributed by atoms with Gasteiger partial charge in [0.2, 0.25) is 0 Å². The van der Waals surface area contributed by atoms with Gasteiger partial charge in [0.1, 0.15) is 11.2 Å². The highest BCUT2D eigenvalue weighted by Gasteiger charge is 2.20. The molecule has 0 radical (unpaired) electrons. The summed E-state index contributed by atoms with van der Waals surface area (Å²) >= 11 is 0. The normalized spacial score (nSPS) is 10.8. The summed E-state index contributed by atoms with van der Waals surface area (Å²) in [5, 5.41) is 18.1. The Morgan fingerprint density at radius 3 is 2.95 bits per heavy atom. The third-order valence-corrected chi connectivity index (χ3v) is 2.99. The van der Waals surface area contributed by atoms with Crippen molar-refractivity contribution >= 4 is 28.0 Å². The second kappa shape index (κ2) is 4.82. The largest absolute Gasteiger partial charge is 0.349 e. The second-order valence-corrected chi connectivity index (χ2v) is 4.44. The standard InChI is InChI=1S/C13H10FN5O2/c1-18-7-8(6-16-18)17-13-10(14)5-11(19(20)21)9-3-2-4-15-12(9)13/h2-7,17H,1H3. The van der Waals surface area contributed by atoms with Crippen molar-refractivity contribution in [1.29, 1.82) is 0 Å². The van der Waals surface area contributed by atoms with E-state index in [-0.39, 0.29) is 22.3 Å². The zero-order valence-electron chi connectivity index (χ0n) is 10.9. The quantitative estimate of drug-likeness (QED) is 0.591. The number of benzene rings is 1. The van der Waals surface area contributed by atoms with Gasteiger partial charge >= 0.3 is 0 Å². The lowest BCUT2D eigenvalue weighted by Crippen LogP contribution is -1.99. The van der Waals surface area contributed by atoms with Crippen LogP contribution < -0.4 is 5.32 Å². The number of nitro benzene ring substituents is 1. The fourth-order valence-corrected chi connectivity index (χ4v) is 2.09. The molecule has 0 saturated carbocycles. The first-order chi connectivity index (χ1) is 10.1. The van der Waals surface area contributed by atoms with Crippen molar-refractivity contribution in [1.82, 2.24) is 14.8 Å². The molecule has 0 bridgehead atoms. The molecule has 0 atom stereocenters. The molecule has 0 aliphatic rings. The number of aromatic nitrogens is 3. The van der Waals surface area contributed by atoms with Crippen LogP contribution in [0.5, 0.6) is 0 Å². The lowest BCUT2D eigenvalue weighted by atomic mass is 10.1. The van der Waals surface area contributed by atoms with Gasteiger partial charge in [-0.2, -0.15) is 5.10 Å². The maximum atomic E-state index is 14.2. The Hall–Kier alpha value is -3.03. The van der Waals surface area contributed by atoms with E-state index in [2.05, 4.69) is 15.4 Å². The van der Waals surface area contributed by atoms with Crippen molar-refractivity contribution in [3.8, 4) is 0 Å². The molecule has 3 aromatic rings. The van der Waals surface area contributed by atoms with Crippen LogP contribution in [0.3, 0.4) is 0 Å². The Labute approximate surface area is 118 Å². The minimum absolute atomic E-state index is 0.0872. The summed E-state index contributed by atoms with van der Waals surface area (Å²) < 4.78 is 15.8. The SMILES string of the molecule is Cn1cc(Nc2c(F)cc([N+](=O)[O-])c3cccnc23)cn1. The van der Waals surface area contributed by atoms with Crippen LogP contribution in [0, 0.1) is 15.9 Å². The first-order valence-electron chi connectivity index (χ1n) is 6.03. The molecule has 2 aromatic heterocycles. The number of aryl methyl sites for hydroxylation is 1. The zero-order valence-corrected chi connectivity index (χ0v) is 10.9. The van der Waals surface area contributed by atoms with Crippen LogP contribution in [0.4, 0.5) is 21.5 Å². The minimum Gasteiger partial charge on any atom is -0.349 e. The molecule has 0 spiro atoms. The Kier molecular flexibility index (Phi) is 2.98. The summed E-state index contributed by atoms with van der Waals surface area (Å²) in [5.74, 6) is -0.739. The van der Waals surface area contributed by atoms with Crippen molar-refractivity contribution in [2.75, 3.05) is 5.32 Å². The van der Waals surface area contributed by atoms with Crippen molar-refractivity contribution in [3.63, 3.8) is 0 Å². The third-order valence-electron chi connectivity index (χ3n) is 2.99. The lowest BCUT2D eigenvalue weighted by molar-refractivity contribution is -0.383. The van der Waals surface area contributed by atoms with E-state index in [0.29, 0.717) is 5.69 Å². The van der Waals surface area contributed by atoms with E-state index in [9.17, 15) is 14.5 Å². The summed E-state index contributed by atoms with van der Waals surface area (Å²) in [6.45, 7) is 0. The molecule has 0 aliphatic carbocycles. The Morgan fingerprint density at radius 2 is 2.29 bits per heavy atom. The second-order valence-electron chi connectivity index (χ2n) is 4.44. The molecule has 0 amide bonds. The van der Waals surface area contributed by atoms with Gasteiger partial charge in [0, 0.05) is 19.4 Å². The van der Waals surface area contributed by atoms with Crippen LogP contribution in [0.2, 0.25) is 0 Å². The molecule has 21 heavy (non-hydrogen) atoms. The zero-order chi connectivity index (χ0) is 15.0.